The number of fused-ring (bicyclic) bond motifs is 1. The van der Waals surface area contributed by atoms with E-state index in [0.29, 0.717) is 40.4 Å². The van der Waals surface area contributed by atoms with Gasteiger partial charge < -0.3 is 19.4 Å². The molecule has 0 radical (unpaired) electrons. The second-order valence-corrected chi connectivity index (χ2v) is 9.30. The maximum Gasteiger partial charge on any atom is 0.279 e. The number of ether oxygens (including phenoxy) is 2. The number of rotatable bonds is 8. The third-order valence-corrected chi connectivity index (χ3v) is 6.94. The van der Waals surface area contributed by atoms with Crippen LogP contribution in [0.3, 0.4) is 0 Å². The highest BCUT2D eigenvalue weighted by Gasteiger charge is 2.32. The van der Waals surface area contributed by atoms with E-state index in [1.165, 1.54) is 17.3 Å². The van der Waals surface area contributed by atoms with Crippen molar-refractivity contribution in [2.45, 2.75) is 43.5 Å². The van der Waals surface area contributed by atoms with Crippen molar-refractivity contribution in [2.24, 2.45) is 7.05 Å². The Morgan fingerprint density at radius 2 is 1.91 bits per heavy atom. The van der Waals surface area contributed by atoms with Gasteiger partial charge in [-0.3, -0.25) is 9.59 Å². The molecular formula is C26H29N3O4S. The highest BCUT2D eigenvalue weighted by Crippen LogP contribution is 2.39. The fourth-order valence-corrected chi connectivity index (χ4v) is 4.93. The van der Waals surface area contributed by atoms with Crippen molar-refractivity contribution in [3.05, 3.63) is 75.1 Å². The van der Waals surface area contributed by atoms with Gasteiger partial charge in [0.15, 0.2) is 16.7 Å². The summed E-state index contributed by atoms with van der Waals surface area (Å²) in [5, 5.41) is 3.46. The van der Waals surface area contributed by atoms with Crippen LogP contribution in [0.1, 0.15) is 47.9 Å². The third kappa shape index (κ3) is 4.97. The average molecular weight is 480 g/mol. The summed E-state index contributed by atoms with van der Waals surface area (Å²) in [4.78, 5) is 30.2. The van der Waals surface area contributed by atoms with Crippen molar-refractivity contribution < 1.29 is 14.3 Å². The Bertz CT molecular complexity index is 1250. The molecule has 0 saturated carbocycles. The molecule has 1 aliphatic rings. The van der Waals surface area contributed by atoms with Gasteiger partial charge in [0, 0.05) is 25.1 Å². The molecule has 3 aromatic rings. The van der Waals surface area contributed by atoms with Gasteiger partial charge in [0.05, 0.1) is 19.3 Å². The van der Waals surface area contributed by atoms with Crippen LogP contribution in [0.4, 0.5) is 5.82 Å². The molecule has 2 aromatic carbocycles. The number of methoxy groups -OCH3 is 1. The molecule has 178 valence electrons. The van der Waals surface area contributed by atoms with Gasteiger partial charge in [-0.25, -0.2) is 0 Å². The molecule has 0 unspecified atom stereocenters. The van der Waals surface area contributed by atoms with Crippen LogP contribution in [0.15, 0.2) is 52.4 Å². The second kappa shape index (κ2) is 10.3. The number of nitrogens with one attached hydrogen (secondary N) is 1. The molecular weight excluding hydrogens is 450 g/mol. The van der Waals surface area contributed by atoms with Gasteiger partial charge >= 0.3 is 0 Å². The van der Waals surface area contributed by atoms with E-state index in [1.807, 2.05) is 39.1 Å². The predicted octanol–water partition coefficient (Wildman–Crippen LogP) is 4.65. The summed E-state index contributed by atoms with van der Waals surface area (Å²) in [6.45, 7) is 4.67. The van der Waals surface area contributed by atoms with E-state index in [2.05, 4.69) is 34.6 Å². The van der Waals surface area contributed by atoms with Crippen molar-refractivity contribution >= 4 is 23.5 Å². The first-order valence-corrected chi connectivity index (χ1v) is 12.3. The van der Waals surface area contributed by atoms with Gasteiger partial charge in [-0.2, -0.15) is 4.98 Å². The van der Waals surface area contributed by atoms with Crippen LogP contribution in [0.2, 0.25) is 0 Å². The quantitative estimate of drug-likeness (QED) is 0.374. The van der Waals surface area contributed by atoms with Gasteiger partial charge in [0.2, 0.25) is 5.91 Å². The van der Waals surface area contributed by atoms with Crippen molar-refractivity contribution in [3.8, 4) is 11.5 Å². The molecule has 0 spiro atoms. The number of aromatic nitrogens is 2. The summed E-state index contributed by atoms with van der Waals surface area (Å²) >= 11 is 1.47. The van der Waals surface area contributed by atoms with Crippen LogP contribution in [0, 0.1) is 6.92 Å². The Labute approximate surface area is 203 Å². The number of hydrogen-bond acceptors (Lipinski definition) is 6. The fourth-order valence-electron chi connectivity index (χ4n) is 4.01. The molecule has 0 aliphatic carbocycles. The minimum atomic E-state index is -0.416. The standard InChI is InChI=1S/C26H29N3O4S/c1-5-12-33-20-11-10-18(13-21(20)32-4)19-14-22(30)27-24-23(19)25(31)28-26(29(24)3)34-15-17-8-6-16(2)7-9-17/h6-11,13,19H,5,12,14-15H2,1-4H3,(H,27,30)/t19-/m0/s1. The molecule has 8 heteroatoms. The normalized spacial score (nSPS) is 14.9. The van der Waals surface area contributed by atoms with Crippen LogP contribution in [0.25, 0.3) is 0 Å². The molecule has 1 aromatic heterocycles. The zero-order valence-electron chi connectivity index (χ0n) is 19.9. The Morgan fingerprint density at radius 3 is 2.62 bits per heavy atom. The predicted molar refractivity (Wildman–Crippen MR) is 134 cm³/mol. The van der Waals surface area contributed by atoms with Gasteiger partial charge in [-0.05, 0) is 36.6 Å². The van der Waals surface area contributed by atoms with Crippen molar-refractivity contribution in [1.82, 2.24) is 9.55 Å². The summed E-state index contributed by atoms with van der Waals surface area (Å²) < 4.78 is 13.1. The van der Waals surface area contributed by atoms with Gasteiger partial charge in [0.25, 0.3) is 5.56 Å². The first-order valence-electron chi connectivity index (χ1n) is 11.3. The minimum absolute atomic E-state index is 0.140. The van der Waals surface area contributed by atoms with Crippen LogP contribution in [0.5, 0.6) is 11.5 Å². The lowest BCUT2D eigenvalue weighted by molar-refractivity contribution is -0.116. The number of carbonyl (C=O) groups excluding carboxylic acids is 1. The van der Waals surface area contributed by atoms with Crippen LogP contribution in [-0.4, -0.2) is 29.2 Å². The van der Waals surface area contributed by atoms with Gasteiger partial charge in [-0.15, -0.1) is 0 Å². The largest absolute Gasteiger partial charge is 0.493 e. The molecule has 1 amide bonds. The summed E-state index contributed by atoms with van der Waals surface area (Å²) in [5.41, 5.74) is 3.32. The highest BCUT2D eigenvalue weighted by atomic mass is 32.2. The first-order chi connectivity index (χ1) is 16.4. The Morgan fingerprint density at radius 1 is 1.15 bits per heavy atom. The van der Waals surface area contributed by atoms with E-state index in [1.54, 1.807) is 11.7 Å². The minimum Gasteiger partial charge on any atom is -0.493 e. The molecule has 34 heavy (non-hydrogen) atoms. The monoisotopic (exact) mass is 479 g/mol. The van der Waals surface area contributed by atoms with Crippen LogP contribution < -0.4 is 20.3 Å². The molecule has 2 heterocycles. The van der Waals surface area contributed by atoms with Crippen LogP contribution >= 0.6 is 11.8 Å². The van der Waals surface area contributed by atoms with E-state index in [9.17, 15) is 9.59 Å². The van der Waals surface area contributed by atoms with E-state index >= 15 is 0 Å². The number of hydrogen-bond donors (Lipinski definition) is 1. The Balaban J connectivity index is 1.68. The number of amides is 1. The molecule has 0 bridgehead atoms. The number of carbonyl (C=O) groups is 1. The number of nitrogens with zero attached hydrogens (tertiary/aromatic N) is 2. The molecule has 1 aliphatic heterocycles. The first kappa shape index (κ1) is 23.9. The van der Waals surface area contributed by atoms with E-state index in [0.717, 1.165) is 17.5 Å². The zero-order chi connectivity index (χ0) is 24.2. The second-order valence-electron chi connectivity index (χ2n) is 8.36. The van der Waals surface area contributed by atoms with Gasteiger partial charge in [0.1, 0.15) is 5.82 Å². The maximum absolute atomic E-state index is 13.2. The lowest BCUT2D eigenvalue weighted by atomic mass is 9.86. The molecule has 1 atom stereocenters. The van der Waals surface area contributed by atoms with E-state index < -0.39 is 5.92 Å². The van der Waals surface area contributed by atoms with E-state index in [4.69, 9.17) is 9.47 Å². The van der Waals surface area contributed by atoms with Crippen molar-refractivity contribution in [1.29, 1.82) is 0 Å². The summed E-state index contributed by atoms with van der Waals surface area (Å²) in [6.07, 6.45) is 1.05. The molecule has 4 rings (SSSR count). The lowest BCUT2D eigenvalue weighted by Gasteiger charge is -2.28. The summed E-state index contributed by atoms with van der Waals surface area (Å²) in [7, 11) is 3.41. The number of benzene rings is 2. The average Bonchev–Trinajstić information content (AvgIpc) is 2.84. The van der Waals surface area contributed by atoms with E-state index in [-0.39, 0.29) is 17.9 Å². The number of aryl methyl sites for hydroxylation is 1. The molecule has 7 nitrogen and oxygen atoms in total. The van der Waals surface area contributed by atoms with Gasteiger partial charge in [-0.1, -0.05) is 54.6 Å². The number of anilines is 1. The summed E-state index contributed by atoms with van der Waals surface area (Å²) in [6, 6.07) is 13.8. The molecule has 1 N–H and O–H groups in total. The molecule has 0 saturated heterocycles. The SMILES string of the molecule is CCCOc1ccc([C@@H]2CC(=O)Nc3c2c(=O)nc(SCc2ccc(C)cc2)n3C)cc1OC. The Hall–Kier alpha value is -3.26. The third-order valence-electron chi connectivity index (χ3n) is 5.84. The lowest BCUT2D eigenvalue weighted by Crippen LogP contribution is -2.33. The van der Waals surface area contributed by atoms with Crippen LogP contribution in [-0.2, 0) is 17.6 Å². The Kier molecular flexibility index (Phi) is 7.26. The van der Waals surface area contributed by atoms with Crippen molar-refractivity contribution in [3.63, 3.8) is 0 Å². The number of thioether (sulfide) groups is 1. The fraction of sp³-hybridized carbons (Fsp3) is 0.346. The maximum atomic E-state index is 13.2. The summed E-state index contributed by atoms with van der Waals surface area (Å²) in [5.74, 6) is 1.83. The molecule has 0 fully saturated rings. The zero-order valence-corrected chi connectivity index (χ0v) is 20.7. The highest BCUT2D eigenvalue weighted by molar-refractivity contribution is 7.98. The topological polar surface area (TPSA) is 82.5 Å². The van der Waals surface area contributed by atoms with Crippen molar-refractivity contribution in [2.75, 3.05) is 19.0 Å². The smallest absolute Gasteiger partial charge is 0.279 e.